The van der Waals surface area contributed by atoms with Crippen LogP contribution in [0.5, 0.6) is 0 Å². The molecule has 0 spiro atoms. The summed E-state index contributed by atoms with van der Waals surface area (Å²) >= 11 is 0. The number of nitrogen functional groups attached to an aromatic ring is 1. The quantitative estimate of drug-likeness (QED) is 0.108. The Hall–Kier alpha value is -1.40. The lowest BCUT2D eigenvalue weighted by Gasteiger charge is -2.16. The fourth-order valence-corrected chi connectivity index (χ4v) is 6.47. The summed E-state index contributed by atoms with van der Waals surface area (Å²) in [6.45, 7) is 0. The second kappa shape index (κ2) is 7.83. The van der Waals surface area contributed by atoms with Crippen LogP contribution in [0.15, 0.2) is 12.7 Å². The van der Waals surface area contributed by atoms with Gasteiger partial charge < -0.3 is 35.4 Å². The molecule has 9 N–H and O–H groups in total. The Kier molecular flexibility index (Phi) is 5.81. The van der Waals surface area contributed by atoms with Gasteiger partial charge in [0.15, 0.2) is 23.8 Å². The van der Waals surface area contributed by atoms with Crippen molar-refractivity contribution < 1.29 is 61.1 Å². The zero-order valence-electron chi connectivity index (χ0n) is 15.3. The molecule has 32 heavy (non-hydrogen) atoms. The van der Waals surface area contributed by atoms with Crippen LogP contribution >= 0.6 is 23.5 Å². The summed E-state index contributed by atoms with van der Waals surface area (Å²) in [6, 6.07) is 0. The van der Waals surface area contributed by atoms with E-state index in [0.29, 0.717) is 0 Å². The minimum absolute atomic E-state index is 0.0493. The van der Waals surface area contributed by atoms with Crippen LogP contribution in [0.25, 0.3) is 11.2 Å². The van der Waals surface area contributed by atoms with Crippen molar-refractivity contribution in [3.8, 4) is 0 Å². The van der Waals surface area contributed by atoms with E-state index >= 15 is 0 Å². The molecule has 2 aromatic rings. The van der Waals surface area contributed by atoms with Crippen molar-refractivity contribution in [2.45, 2.75) is 30.8 Å². The van der Waals surface area contributed by atoms with Crippen LogP contribution in [0.2, 0.25) is 0 Å². The number of phosphoric acid groups is 2. The highest BCUT2D eigenvalue weighted by molar-refractivity contribution is 7.66. The van der Waals surface area contributed by atoms with Gasteiger partial charge in [0.1, 0.15) is 24.1 Å². The molecule has 4 heterocycles. The van der Waals surface area contributed by atoms with Gasteiger partial charge in [0.2, 0.25) is 0 Å². The van der Waals surface area contributed by atoms with Gasteiger partial charge in [-0.05, 0) is 0 Å². The summed E-state index contributed by atoms with van der Waals surface area (Å²) in [5, 5.41) is 20.7. The molecule has 4 rings (SSSR count). The molecule has 178 valence electrons. The van der Waals surface area contributed by atoms with Crippen molar-refractivity contribution in [3.05, 3.63) is 12.7 Å². The maximum atomic E-state index is 12.2. The molecular weight excluding hydrogens is 505 g/mol. The smallest absolute Gasteiger partial charge is 0.387 e. The largest absolute Gasteiger partial charge is 0.668 e. The topological polar surface area (TPSA) is 295 Å². The molecule has 2 aliphatic heterocycles. The molecule has 0 radical (unpaired) electrons. The molecule has 2 aromatic heterocycles. The Morgan fingerprint density at radius 1 is 1.09 bits per heavy atom. The number of ether oxygens (including phenoxy) is 1. The highest BCUT2D eigenvalue weighted by Gasteiger charge is 2.70. The van der Waals surface area contributed by atoms with E-state index in [1.165, 1.54) is 15.1 Å². The maximum Gasteiger partial charge on any atom is 0.668 e. The van der Waals surface area contributed by atoms with E-state index in [4.69, 9.17) is 20.3 Å². The molecule has 2 unspecified atom stereocenters. The number of hydrogen-bond donors (Lipinski definition) is 8. The number of hydroxylamine groups is 1. The van der Waals surface area contributed by atoms with E-state index in [2.05, 4.69) is 29.1 Å². The summed E-state index contributed by atoms with van der Waals surface area (Å²) < 4.78 is 49.9. The van der Waals surface area contributed by atoms with E-state index in [-0.39, 0.29) is 17.0 Å². The highest BCUT2D eigenvalue weighted by Crippen LogP contribution is 2.70. The maximum absolute atomic E-state index is 12.2. The average molecular weight is 521 g/mol. The van der Waals surface area contributed by atoms with Crippen LogP contribution in [0, 0.1) is 0 Å². The van der Waals surface area contributed by atoms with E-state index in [9.17, 15) is 33.7 Å². The molecule has 2 aliphatic rings. The highest BCUT2D eigenvalue weighted by atomic mass is 31.3. The number of anilines is 1. The van der Waals surface area contributed by atoms with Crippen LogP contribution in [0.1, 0.15) is 6.23 Å². The van der Waals surface area contributed by atoms with Crippen LogP contribution in [0.4, 0.5) is 5.82 Å². The van der Waals surface area contributed by atoms with Crippen LogP contribution < -0.4 is 11.2 Å². The van der Waals surface area contributed by atoms with E-state index < -0.39 is 54.2 Å². The molecule has 0 aliphatic carbocycles. The first kappa shape index (κ1) is 23.7. The molecule has 0 aromatic carbocycles. The van der Waals surface area contributed by atoms with Gasteiger partial charge in [-0.25, -0.2) is 28.3 Å². The number of aliphatic hydroxyl groups excluding tert-OH is 2. The van der Waals surface area contributed by atoms with Gasteiger partial charge in [0, 0.05) is 5.48 Å². The SMILES string of the molecule is Nc1ncnc2c1ncn2[C@@H]1O[C@H]([C@H]2N[O+]2P(=O)(O)OP(=O)(O)OP(=O)(O)O)[C@@H](O)[C@H]1O. The number of aliphatic hydroxyl groups is 2. The summed E-state index contributed by atoms with van der Waals surface area (Å²) in [6.07, 6.45) is -4.98. The van der Waals surface area contributed by atoms with E-state index in [1.54, 1.807) is 0 Å². The molecule has 0 amide bonds. The molecule has 19 nitrogen and oxygen atoms in total. The Bertz CT molecular complexity index is 1190. The molecular formula is C10H16N6O13P3+. The number of nitrogens with two attached hydrogens (primary N) is 1. The fourth-order valence-electron chi connectivity index (χ4n) is 3.03. The summed E-state index contributed by atoms with van der Waals surface area (Å²) in [7, 11) is -16.5. The van der Waals surface area contributed by atoms with Crippen molar-refractivity contribution in [1.29, 1.82) is 0 Å². The number of rotatable bonds is 7. The molecule has 0 bridgehead atoms. The van der Waals surface area contributed by atoms with Crippen molar-refractivity contribution in [3.63, 3.8) is 0 Å². The lowest BCUT2D eigenvalue weighted by atomic mass is 10.1. The number of nitrogens with one attached hydrogen (secondary N) is 1. The predicted octanol–water partition coefficient (Wildman–Crippen LogP) is -2.25. The standard InChI is InChI=1S/C10H15N6O13P3/c11-7-3-8(13-1-12-7)16(2-14-3)10-5(18)4(17)6(26-10)9-15-29(9)32(24,25)28-31(22,23)27-30(19,20)21/h1-2,4-6,9-10,15,17-18H,(H5-,11,12,13,19,20,21,22,23,24,25)/p+1/t4-,5+,6-,9-,10+/m0/s1. The average Bonchev–Trinajstić information content (AvgIpc) is 3.24. The van der Waals surface area contributed by atoms with Gasteiger partial charge >= 0.3 is 29.7 Å². The summed E-state index contributed by atoms with van der Waals surface area (Å²) in [4.78, 5) is 48.0. The van der Waals surface area contributed by atoms with E-state index in [0.717, 1.165) is 6.33 Å². The number of fused-ring (bicyclic) bond motifs is 1. The molecule has 2 fully saturated rings. The number of hydrogen-bond acceptors (Lipinski definition) is 13. The third-order valence-electron chi connectivity index (χ3n) is 4.32. The van der Waals surface area contributed by atoms with Gasteiger partial charge in [-0.3, -0.25) is 9.46 Å². The zero-order valence-corrected chi connectivity index (χ0v) is 18.0. The molecule has 22 heteroatoms. The second-order valence-electron chi connectivity index (χ2n) is 6.50. The van der Waals surface area contributed by atoms with Crippen LogP contribution in [-0.4, -0.2) is 73.8 Å². The van der Waals surface area contributed by atoms with Crippen LogP contribution in [-0.2, 0) is 31.3 Å². The van der Waals surface area contributed by atoms with E-state index in [1.807, 2.05) is 0 Å². The minimum atomic E-state index is -5.69. The van der Waals surface area contributed by atoms with Crippen LogP contribution in [0.3, 0.4) is 0 Å². The van der Waals surface area contributed by atoms with Gasteiger partial charge in [0.05, 0.1) is 6.33 Å². The normalized spacial score (nSPS) is 32.6. The summed E-state index contributed by atoms with van der Waals surface area (Å²) in [5.41, 5.74) is 8.21. The van der Waals surface area contributed by atoms with Gasteiger partial charge in [-0.1, -0.05) is 0 Å². The number of imidazole rings is 1. The zero-order chi connectivity index (χ0) is 23.6. The van der Waals surface area contributed by atoms with Crippen molar-refractivity contribution >= 4 is 40.4 Å². The van der Waals surface area contributed by atoms with Gasteiger partial charge in [-0.15, -0.1) is 4.31 Å². The third kappa shape index (κ3) is 4.50. The number of nitrogens with zero attached hydrogens (tertiary/aromatic N) is 4. The lowest BCUT2D eigenvalue weighted by molar-refractivity contribution is -0.0519. The van der Waals surface area contributed by atoms with Crippen molar-refractivity contribution in [2.24, 2.45) is 0 Å². The monoisotopic (exact) mass is 521 g/mol. The Morgan fingerprint density at radius 3 is 2.44 bits per heavy atom. The van der Waals surface area contributed by atoms with Crippen molar-refractivity contribution in [1.82, 2.24) is 25.0 Å². The molecule has 0 saturated carbocycles. The lowest BCUT2D eigenvalue weighted by Crippen LogP contribution is -2.35. The van der Waals surface area contributed by atoms with Crippen molar-refractivity contribution in [2.75, 3.05) is 5.73 Å². The first-order valence-electron chi connectivity index (χ1n) is 8.28. The van der Waals surface area contributed by atoms with Gasteiger partial charge in [-0.2, -0.15) is 8.88 Å². The Morgan fingerprint density at radius 2 is 1.78 bits per heavy atom. The molecule has 7 atom stereocenters. The summed E-state index contributed by atoms with van der Waals surface area (Å²) in [5.74, 6) is 0.0493. The second-order valence-corrected chi connectivity index (χ2v) is 11.1. The third-order valence-corrected chi connectivity index (χ3v) is 8.48. The Labute approximate surface area is 176 Å². The number of aromatic nitrogens is 4. The predicted molar refractivity (Wildman–Crippen MR) is 97.5 cm³/mol. The van der Waals surface area contributed by atoms with Gasteiger partial charge in [0.25, 0.3) is 0 Å². The fraction of sp³-hybridized carbons (Fsp3) is 0.500. The first-order valence-corrected chi connectivity index (χ1v) is 12.8. The minimum Gasteiger partial charge on any atom is -0.387 e. The first-order chi connectivity index (χ1) is 14.7. The Balaban J connectivity index is 1.50. The molecule has 2 saturated heterocycles.